The first-order valence-corrected chi connectivity index (χ1v) is 11.7. The standard InChI is InChI=1S/C24H33N5O8/c1-11(2)19(23(35)29-20(12(3)30)24(36)37)28-22(34)17(27-21(33)15(25)9-18(31)32)8-13-10-26-16-7-5-4-6-14(13)16/h4-7,10-12,15,17,19-20,26,30H,8-9,25H2,1-3H3,(H,27,33)(H,28,34)(H,29,35)(H,31,32)(H,36,37). The number of carbonyl (C=O) groups excluding carboxylic acids is 3. The number of amides is 3. The van der Waals surface area contributed by atoms with Crippen molar-refractivity contribution in [3.05, 3.63) is 36.0 Å². The number of hydrogen-bond acceptors (Lipinski definition) is 7. The van der Waals surface area contributed by atoms with E-state index in [0.29, 0.717) is 5.56 Å². The van der Waals surface area contributed by atoms with Gasteiger partial charge in [-0.05, 0) is 24.5 Å². The van der Waals surface area contributed by atoms with Gasteiger partial charge in [-0.3, -0.25) is 19.2 Å². The lowest BCUT2D eigenvalue weighted by molar-refractivity contribution is -0.145. The van der Waals surface area contributed by atoms with Crippen molar-refractivity contribution in [2.24, 2.45) is 11.7 Å². The van der Waals surface area contributed by atoms with Gasteiger partial charge in [-0.2, -0.15) is 0 Å². The normalized spacial score (nSPS) is 15.3. The van der Waals surface area contributed by atoms with Gasteiger partial charge >= 0.3 is 11.9 Å². The fraction of sp³-hybridized carbons (Fsp3) is 0.458. The van der Waals surface area contributed by atoms with Crippen LogP contribution in [-0.4, -0.2) is 80.2 Å². The Morgan fingerprint density at radius 1 is 0.919 bits per heavy atom. The van der Waals surface area contributed by atoms with Crippen molar-refractivity contribution in [3.63, 3.8) is 0 Å². The monoisotopic (exact) mass is 519 g/mol. The van der Waals surface area contributed by atoms with E-state index in [4.69, 9.17) is 10.8 Å². The largest absolute Gasteiger partial charge is 0.481 e. The highest BCUT2D eigenvalue weighted by molar-refractivity contribution is 5.95. The number of para-hydroxylation sites is 1. The Labute approximate surface area is 212 Å². The average Bonchev–Trinajstić information content (AvgIpc) is 3.21. The molecule has 0 aliphatic heterocycles. The highest BCUT2D eigenvalue weighted by atomic mass is 16.4. The Balaban J connectivity index is 2.30. The number of aliphatic carboxylic acids is 2. The van der Waals surface area contributed by atoms with Gasteiger partial charge in [-0.15, -0.1) is 0 Å². The number of hydrogen-bond donors (Lipinski definition) is 8. The van der Waals surface area contributed by atoms with Gasteiger partial charge in [0.15, 0.2) is 6.04 Å². The van der Waals surface area contributed by atoms with E-state index in [0.717, 1.165) is 10.9 Å². The molecule has 0 bridgehead atoms. The number of benzene rings is 1. The fourth-order valence-electron chi connectivity index (χ4n) is 3.71. The Morgan fingerprint density at radius 2 is 1.54 bits per heavy atom. The maximum Gasteiger partial charge on any atom is 0.328 e. The molecule has 37 heavy (non-hydrogen) atoms. The van der Waals surface area contributed by atoms with Crippen molar-refractivity contribution in [3.8, 4) is 0 Å². The van der Waals surface area contributed by atoms with Crippen molar-refractivity contribution >= 4 is 40.6 Å². The minimum atomic E-state index is -1.60. The van der Waals surface area contributed by atoms with Crippen molar-refractivity contribution in [2.75, 3.05) is 0 Å². The van der Waals surface area contributed by atoms with Crippen LogP contribution in [0.4, 0.5) is 0 Å². The van der Waals surface area contributed by atoms with Crippen molar-refractivity contribution in [1.29, 1.82) is 0 Å². The zero-order valence-electron chi connectivity index (χ0n) is 20.7. The van der Waals surface area contributed by atoms with Gasteiger partial charge in [0.1, 0.15) is 12.1 Å². The highest BCUT2D eigenvalue weighted by Crippen LogP contribution is 2.19. The molecule has 13 nitrogen and oxygen atoms in total. The zero-order valence-corrected chi connectivity index (χ0v) is 20.7. The molecule has 1 aromatic heterocycles. The highest BCUT2D eigenvalue weighted by Gasteiger charge is 2.33. The van der Waals surface area contributed by atoms with Gasteiger partial charge in [0.05, 0.1) is 18.6 Å². The van der Waals surface area contributed by atoms with Gasteiger partial charge in [0.25, 0.3) is 0 Å². The molecule has 0 radical (unpaired) electrons. The molecule has 0 spiro atoms. The van der Waals surface area contributed by atoms with E-state index in [-0.39, 0.29) is 6.42 Å². The summed E-state index contributed by atoms with van der Waals surface area (Å²) >= 11 is 0. The third-order valence-corrected chi connectivity index (χ3v) is 5.76. The molecule has 202 valence electrons. The lowest BCUT2D eigenvalue weighted by Crippen LogP contribution is -2.60. The molecule has 0 saturated carbocycles. The molecule has 5 atom stereocenters. The SMILES string of the molecule is CC(C)C(NC(=O)C(Cc1c[nH]c2ccccc12)NC(=O)C(N)CC(=O)O)C(=O)NC(C(=O)O)C(C)O. The first kappa shape index (κ1) is 29.3. The van der Waals surface area contributed by atoms with Gasteiger partial charge in [0.2, 0.25) is 17.7 Å². The van der Waals surface area contributed by atoms with E-state index in [1.807, 2.05) is 18.2 Å². The zero-order chi connectivity index (χ0) is 27.9. The smallest absolute Gasteiger partial charge is 0.328 e. The van der Waals surface area contributed by atoms with Crippen molar-refractivity contribution in [1.82, 2.24) is 20.9 Å². The van der Waals surface area contributed by atoms with Gasteiger partial charge in [-0.25, -0.2) is 4.79 Å². The summed E-state index contributed by atoms with van der Waals surface area (Å²) in [4.78, 5) is 64.1. The molecule has 1 heterocycles. The fourth-order valence-corrected chi connectivity index (χ4v) is 3.71. The lowest BCUT2D eigenvalue weighted by Gasteiger charge is -2.27. The number of carboxylic acids is 2. The summed E-state index contributed by atoms with van der Waals surface area (Å²) in [6.45, 7) is 4.45. The van der Waals surface area contributed by atoms with Crippen LogP contribution >= 0.6 is 0 Å². The maximum absolute atomic E-state index is 13.3. The predicted molar refractivity (Wildman–Crippen MR) is 132 cm³/mol. The molecular formula is C24H33N5O8. The second kappa shape index (κ2) is 12.8. The minimum absolute atomic E-state index is 0.0146. The number of aliphatic hydroxyl groups is 1. The van der Waals surface area contributed by atoms with Crippen LogP contribution in [0, 0.1) is 5.92 Å². The van der Waals surface area contributed by atoms with Crippen LogP contribution in [0.3, 0.4) is 0 Å². The summed E-state index contributed by atoms with van der Waals surface area (Å²) in [5, 5.41) is 35.9. The van der Waals surface area contributed by atoms with Crippen LogP contribution in [-0.2, 0) is 30.4 Å². The Hall–Kier alpha value is -3.97. The number of H-pyrrole nitrogens is 1. The molecule has 2 aromatic rings. The minimum Gasteiger partial charge on any atom is -0.481 e. The summed E-state index contributed by atoms with van der Waals surface area (Å²) in [5.41, 5.74) is 7.13. The number of nitrogens with one attached hydrogen (secondary N) is 4. The van der Waals surface area contributed by atoms with Gasteiger partial charge < -0.3 is 42.0 Å². The Kier molecular flexibility index (Phi) is 10.1. The molecular weight excluding hydrogens is 486 g/mol. The molecule has 13 heteroatoms. The van der Waals surface area contributed by atoms with Crippen molar-refractivity contribution in [2.45, 2.75) is 63.9 Å². The summed E-state index contributed by atoms with van der Waals surface area (Å²) < 4.78 is 0. The third-order valence-electron chi connectivity index (χ3n) is 5.76. The second-order valence-electron chi connectivity index (χ2n) is 9.12. The van der Waals surface area contributed by atoms with E-state index >= 15 is 0 Å². The number of aromatic nitrogens is 1. The van der Waals surface area contributed by atoms with Crippen LogP contribution in [0.25, 0.3) is 10.9 Å². The number of fused-ring (bicyclic) bond motifs is 1. The average molecular weight is 520 g/mol. The summed E-state index contributed by atoms with van der Waals surface area (Å²) in [5.74, 6) is -5.70. The van der Waals surface area contributed by atoms with Crippen LogP contribution in [0.2, 0.25) is 0 Å². The first-order valence-electron chi connectivity index (χ1n) is 11.7. The Morgan fingerprint density at radius 3 is 2.11 bits per heavy atom. The van der Waals surface area contributed by atoms with Crippen molar-refractivity contribution < 1.29 is 39.3 Å². The molecule has 0 aliphatic carbocycles. The molecule has 0 fully saturated rings. The quantitative estimate of drug-likeness (QED) is 0.164. The number of rotatable bonds is 13. The van der Waals surface area contributed by atoms with Crippen LogP contribution in [0.15, 0.2) is 30.5 Å². The summed E-state index contributed by atoms with van der Waals surface area (Å²) in [6.07, 6.45) is -0.393. The lowest BCUT2D eigenvalue weighted by atomic mass is 9.99. The number of carbonyl (C=O) groups is 5. The van der Waals surface area contributed by atoms with E-state index in [2.05, 4.69) is 20.9 Å². The number of aromatic amines is 1. The molecule has 9 N–H and O–H groups in total. The topological polar surface area (TPSA) is 224 Å². The van der Waals surface area contributed by atoms with Gasteiger partial charge in [-0.1, -0.05) is 32.0 Å². The molecule has 5 unspecified atom stereocenters. The number of aliphatic hydroxyl groups excluding tert-OH is 1. The first-order chi connectivity index (χ1) is 17.3. The maximum atomic E-state index is 13.3. The number of carboxylic acid groups (broad SMARTS) is 2. The molecule has 2 rings (SSSR count). The second-order valence-corrected chi connectivity index (χ2v) is 9.12. The van der Waals surface area contributed by atoms with Crippen LogP contribution in [0.1, 0.15) is 32.8 Å². The van der Waals surface area contributed by atoms with Gasteiger partial charge in [0, 0.05) is 23.5 Å². The van der Waals surface area contributed by atoms with E-state index in [9.17, 15) is 34.2 Å². The predicted octanol–water partition coefficient (Wildman–Crippen LogP) is -0.912. The summed E-state index contributed by atoms with van der Waals surface area (Å²) in [6, 6.07) is 1.81. The molecule has 3 amide bonds. The van der Waals surface area contributed by atoms with E-state index in [1.165, 1.54) is 6.92 Å². The third kappa shape index (κ3) is 8.02. The number of nitrogens with two attached hydrogens (primary N) is 1. The van der Waals surface area contributed by atoms with E-state index in [1.54, 1.807) is 26.1 Å². The molecule has 1 aromatic carbocycles. The Bertz CT molecular complexity index is 1150. The van der Waals surface area contributed by atoms with Crippen LogP contribution in [0.5, 0.6) is 0 Å². The van der Waals surface area contributed by atoms with E-state index < -0.39 is 72.3 Å². The van der Waals surface area contributed by atoms with Crippen LogP contribution < -0.4 is 21.7 Å². The molecule has 0 aliphatic rings. The molecule has 0 saturated heterocycles. The summed E-state index contributed by atoms with van der Waals surface area (Å²) in [7, 11) is 0.